The molecule has 1 atom stereocenters. The molecule has 1 N–H and O–H groups in total. The zero-order valence-corrected chi connectivity index (χ0v) is 13.9. The van der Waals surface area contributed by atoms with Crippen molar-refractivity contribution in [3.63, 3.8) is 0 Å². The molecule has 1 aromatic carbocycles. The molecule has 1 aliphatic heterocycles. The van der Waals surface area contributed by atoms with Crippen LogP contribution in [0.15, 0.2) is 28.5 Å². The Morgan fingerprint density at radius 2 is 2.29 bits per heavy atom. The molecule has 1 fully saturated rings. The Kier molecular flexibility index (Phi) is 4.78. The molecule has 2 aromatic rings. The zero-order valence-electron chi connectivity index (χ0n) is 13.9. The normalized spacial score (nSPS) is 18.5. The van der Waals surface area contributed by atoms with Crippen LogP contribution in [0, 0.1) is 5.82 Å². The quantitative estimate of drug-likeness (QED) is 0.668. The number of aromatic nitrogens is 1. The van der Waals surface area contributed by atoms with Crippen molar-refractivity contribution in [2.24, 2.45) is 10.3 Å². The number of benzene rings is 1. The molecule has 1 saturated heterocycles. The van der Waals surface area contributed by atoms with E-state index in [4.69, 9.17) is 4.74 Å². The summed E-state index contributed by atoms with van der Waals surface area (Å²) in [5.74, 6) is -0.908. The number of aromatic amines is 1. The fraction of sp³-hybridized carbons (Fsp3) is 0.471. The minimum atomic E-state index is -0.519. The summed E-state index contributed by atoms with van der Waals surface area (Å²) in [6, 6.07) is 4.57. The molecule has 1 aromatic heterocycles. The maximum Gasteiger partial charge on any atom is 0.357 e. The summed E-state index contributed by atoms with van der Waals surface area (Å²) < 4.78 is 18.7. The Balaban J connectivity index is 2.01. The first-order valence-corrected chi connectivity index (χ1v) is 8.26. The van der Waals surface area contributed by atoms with Crippen molar-refractivity contribution in [3.05, 3.63) is 29.7 Å². The third-order valence-electron chi connectivity index (χ3n) is 4.24. The molecule has 24 heavy (non-hydrogen) atoms. The van der Waals surface area contributed by atoms with Crippen LogP contribution in [0.3, 0.4) is 0 Å². The van der Waals surface area contributed by atoms with Crippen molar-refractivity contribution in [1.29, 1.82) is 0 Å². The van der Waals surface area contributed by atoms with Crippen LogP contribution in [0.2, 0.25) is 0 Å². The zero-order chi connectivity index (χ0) is 17.1. The van der Waals surface area contributed by atoms with Gasteiger partial charge in [-0.05, 0) is 51.3 Å². The second kappa shape index (κ2) is 6.98. The summed E-state index contributed by atoms with van der Waals surface area (Å²) >= 11 is 0. The Hall–Kier alpha value is -2.44. The average Bonchev–Trinajstić information content (AvgIpc) is 2.92. The van der Waals surface area contributed by atoms with E-state index in [1.54, 1.807) is 13.0 Å². The highest BCUT2D eigenvalue weighted by atomic mass is 19.1. The highest BCUT2D eigenvalue weighted by Gasteiger charge is 2.21. The lowest BCUT2D eigenvalue weighted by Gasteiger charge is -2.29. The number of carbonyl (C=O) groups is 1. The predicted octanol–water partition coefficient (Wildman–Crippen LogP) is 4.36. The number of hydrogen-bond acceptors (Lipinski definition) is 4. The topological polar surface area (TPSA) is 70.0 Å². The van der Waals surface area contributed by atoms with E-state index in [1.807, 2.05) is 5.01 Å². The lowest BCUT2D eigenvalue weighted by atomic mass is 10.1. The second-order valence-electron chi connectivity index (χ2n) is 5.96. The SMILES string of the molecule is CCOC(=O)c1[nH]c2ccc(F)cc2c1N=NN1CCCC[C@H]1C. The van der Waals surface area contributed by atoms with Gasteiger partial charge >= 0.3 is 5.97 Å². The molecule has 128 valence electrons. The third kappa shape index (κ3) is 3.25. The molecule has 3 rings (SSSR count). The summed E-state index contributed by atoms with van der Waals surface area (Å²) in [7, 11) is 0. The van der Waals surface area contributed by atoms with Crippen LogP contribution in [0.25, 0.3) is 10.9 Å². The van der Waals surface area contributed by atoms with E-state index in [0.29, 0.717) is 22.6 Å². The van der Waals surface area contributed by atoms with Crippen molar-refractivity contribution in [3.8, 4) is 0 Å². The highest BCUT2D eigenvalue weighted by molar-refractivity contribution is 6.04. The van der Waals surface area contributed by atoms with E-state index in [9.17, 15) is 9.18 Å². The Morgan fingerprint density at radius 1 is 1.46 bits per heavy atom. The first-order chi connectivity index (χ1) is 11.6. The number of carbonyl (C=O) groups excluding carboxylic acids is 1. The molecule has 0 saturated carbocycles. The van der Waals surface area contributed by atoms with Crippen molar-refractivity contribution in [2.45, 2.75) is 39.2 Å². The van der Waals surface area contributed by atoms with Crippen LogP contribution >= 0.6 is 0 Å². The van der Waals surface area contributed by atoms with Crippen LogP contribution in [-0.4, -0.2) is 35.2 Å². The van der Waals surface area contributed by atoms with Gasteiger partial charge in [0.25, 0.3) is 0 Å². The fourth-order valence-corrected chi connectivity index (χ4v) is 2.92. The number of hydrogen-bond donors (Lipinski definition) is 1. The van der Waals surface area contributed by atoms with Gasteiger partial charge in [-0.3, -0.25) is 5.01 Å². The standard InChI is InChI=1S/C17H21FN4O2/c1-3-24-17(23)16-15(13-10-12(18)7-8-14(13)19-16)20-21-22-9-5-4-6-11(22)2/h7-8,10-11,19H,3-6,9H2,1-2H3/t11-/m1/s1. The van der Waals surface area contributed by atoms with E-state index in [2.05, 4.69) is 22.2 Å². The number of halogens is 1. The average molecular weight is 332 g/mol. The summed E-state index contributed by atoms with van der Waals surface area (Å²) in [5.41, 5.74) is 1.15. The van der Waals surface area contributed by atoms with Crippen molar-refractivity contribution in [1.82, 2.24) is 9.99 Å². The maximum atomic E-state index is 13.6. The molecule has 1 aliphatic rings. The van der Waals surface area contributed by atoms with Gasteiger partial charge in [-0.2, -0.15) is 0 Å². The van der Waals surface area contributed by atoms with E-state index in [1.165, 1.54) is 18.6 Å². The molecule has 0 aliphatic carbocycles. The largest absolute Gasteiger partial charge is 0.461 e. The molecular formula is C17H21FN4O2. The summed E-state index contributed by atoms with van der Waals surface area (Å²) in [6.07, 6.45) is 3.31. The number of rotatable bonds is 4. The van der Waals surface area contributed by atoms with Crippen molar-refractivity contribution in [2.75, 3.05) is 13.2 Å². The first-order valence-electron chi connectivity index (χ1n) is 8.26. The van der Waals surface area contributed by atoms with E-state index < -0.39 is 5.97 Å². The van der Waals surface area contributed by atoms with Gasteiger partial charge in [0, 0.05) is 23.5 Å². The molecule has 0 amide bonds. The molecule has 0 bridgehead atoms. The van der Waals surface area contributed by atoms with Gasteiger partial charge in [-0.15, -0.1) is 5.11 Å². The molecule has 7 heteroatoms. The van der Waals surface area contributed by atoms with Gasteiger partial charge < -0.3 is 9.72 Å². The number of H-pyrrole nitrogens is 1. The predicted molar refractivity (Wildman–Crippen MR) is 88.7 cm³/mol. The Bertz CT molecular complexity index is 771. The molecule has 0 spiro atoms. The molecule has 2 heterocycles. The monoisotopic (exact) mass is 332 g/mol. The molecule has 6 nitrogen and oxygen atoms in total. The fourth-order valence-electron chi connectivity index (χ4n) is 2.92. The minimum absolute atomic E-state index is 0.200. The van der Waals surface area contributed by atoms with Gasteiger partial charge in [-0.25, -0.2) is 9.18 Å². The van der Waals surface area contributed by atoms with Gasteiger partial charge in [-0.1, -0.05) is 5.22 Å². The second-order valence-corrected chi connectivity index (χ2v) is 5.96. The minimum Gasteiger partial charge on any atom is -0.461 e. The van der Waals surface area contributed by atoms with E-state index in [-0.39, 0.29) is 18.1 Å². The van der Waals surface area contributed by atoms with Crippen LogP contribution < -0.4 is 0 Å². The first kappa shape index (κ1) is 16.4. The Morgan fingerprint density at radius 3 is 3.04 bits per heavy atom. The van der Waals surface area contributed by atoms with Crippen LogP contribution in [0.1, 0.15) is 43.6 Å². The number of esters is 1. The number of ether oxygens (including phenoxy) is 1. The van der Waals surface area contributed by atoms with Crippen LogP contribution in [0.5, 0.6) is 0 Å². The maximum absolute atomic E-state index is 13.6. The van der Waals surface area contributed by atoms with Gasteiger partial charge in [0.05, 0.1) is 6.61 Å². The van der Waals surface area contributed by atoms with Gasteiger partial charge in [0.2, 0.25) is 0 Å². The number of piperidine rings is 1. The third-order valence-corrected chi connectivity index (χ3v) is 4.24. The Labute approximate surface area is 139 Å². The van der Waals surface area contributed by atoms with Crippen molar-refractivity contribution >= 4 is 22.6 Å². The lowest BCUT2D eigenvalue weighted by Crippen LogP contribution is -2.32. The summed E-state index contributed by atoms with van der Waals surface area (Å²) in [5, 5.41) is 11.0. The molecule has 0 unspecified atom stereocenters. The van der Waals surface area contributed by atoms with Crippen LogP contribution in [0.4, 0.5) is 10.1 Å². The van der Waals surface area contributed by atoms with Crippen molar-refractivity contribution < 1.29 is 13.9 Å². The summed E-state index contributed by atoms with van der Waals surface area (Å²) in [4.78, 5) is 15.1. The molecular weight excluding hydrogens is 311 g/mol. The smallest absolute Gasteiger partial charge is 0.357 e. The van der Waals surface area contributed by atoms with E-state index in [0.717, 1.165) is 19.4 Å². The van der Waals surface area contributed by atoms with E-state index >= 15 is 0 Å². The summed E-state index contributed by atoms with van der Waals surface area (Å²) in [6.45, 7) is 4.91. The van der Waals surface area contributed by atoms with Gasteiger partial charge in [0.15, 0.2) is 5.69 Å². The number of nitrogens with one attached hydrogen (secondary N) is 1. The molecule has 0 radical (unpaired) electrons. The lowest BCUT2D eigenvalue weighted by molar-refractivity contribution is 0.0521. The highest BCUT2D eigenvalue weighted by Crippen LogP contribution is 2.32. The number of nitrogens with zero attached hydrogens (tertiary/aromatic N) is 3. The number of fused-ring (bicyclic) bond motifs is 1. The van der Waals surface area contributed by atoms with Gasteiger partial charge in [0.1, 0.15) is 11.5 Å². The van der Waals surface area contributed by atoms with Crippen LogP contribution in [-0.2, 0) is 4.74 Å².